The monoisotopic (exact) mass is 403 g/mol. The number of carbonyl (C=O) groups excluding carboxylic acids is 2. The third kappa shape index (κ3) is 4.60. The quantitative estimate of drug-likeness (QED) is 0.687. The molecule has 1 aliphatic carbocycles. The predicted octanol–water partition coefficient (Wildman–Crippen LogP) is 4.18. The summed E-state index contributed by atoms with van der Waals surface area (Å²) in [7, 11) is 4.34. The molecule has 7 nitrogen and oxygen atoms in total. The molecule has 1 atom stereocenters. The highest BCUT2D eigenvalue weighted by molar-refractivity contribution is 6.24. The lowest BCUT2D eigenvalue weighted by Crippen LogP contribution is -2.41. The van der Waals surface area contributed by atoms with Crippen molar-refractivity contribution in [2.75, 3.05) is 21.3 Å². The van der Waals surface area contributed by atoms with Crippen LogP contribution in [0.1, 0.15) is 40.0 Å². The van der Waals surface area contributed by atoms with E-state index < -0.39 is 17.3 Å². The van der Waals surface area contributed by atoms with Crippen LogP contribution in [0.15, 0.2) is 34.5 Å². The standard InChI is InChI=1S/C22H29NO6/c1-7-8-16(24)18-15(12-22(2,3)19(20(18)25)21(26)29-6)23-14-10-9-13(27-4)11-17(14)28-5/h9-11,19,25H,7-8,12H2,1-6H3/t19-/m0/s1. The Kier molecular flexibility index (Phi) is 7.06. The Labute approximate surface area is 171 Å². The second kappa shape index (κ2) is 9.11. The minimum absolute atomic E-state index is 0.0967. The van der Waals surface area contributed by atoms with Gasteiger partial charge in [-0.05, 0) is 30.4 Å². The molecule has 0 aliphatic heterocycles. The van der Waals surface area contributed by atoms with Gasteiger partial charge in [-0.2, -0.15) is 0 Å². The Bertz CT molecular complexity index is 853. The molecular formula is C22H29NO6. The van der Waals surface area contributed by atoms with Gasteiger partial charge < -0.3 is 19.3 Å². The molecule has 0 heterocycles. The predicted molar refractivity (Wildman–Crippen MR) is 110 cm³/mol. The van der Waals surface area contributed by atoms with E-state index in [4.69, 9.17) is 14.2 Å². The van der Waals surface area contributed by atoms with E-state index in [9.17, 15) is 14.7 Å². The normalized spacial score (nSPS) is 19.8. The fourth-order valence-corrected chi connectivity index (χ4v) is 3.61. The summed E-state index contributed by atoms with van der Waals surface area (Å²) in [5.74, 6) is -0.943. The molecule has 0 aromatic heterocycles. The number of hydrogen-bond acceptors (Lipinski definition) is 7. The van der Waals surface area contributed by atoms with Gasteiger partial charge in [0.05, 0.1) is 32.6 Å². The lowest BCUT2D eigenvalue weighted by molar-refractivity contribution is -0.149. The average Bonchev–Trinajstić information content (AvgIpc) is 2.67. The number of benzene rings is 1. The fraction of sp³-hybridized carbons (Fsp3) is 0.500. The van der Waals surface area contributed by atoms with Crippen LogP contribution < -0.4 is 9.47 Å². The van der Waals surface area contributed by atoms with E-state index >= 15 is 0 Å². The van der Waals surface area contributed by atoms with Crippen molar-refractivity contribution in [2.24, 2.45) is 16.3 Å². The number of carbonyl (C=O) groups is 2. The van der Waals surface area contributed by atoms with Gasteiger partial charge in [0.25, 0.3) is 0 Å². The summed E-state index contributed by atoms with van der Waals surface area (Å²) in [4.78, 5) is 29.8. The van der Waals surface area contributed by atoms with Crippen molar-refractivity contribution in [3.05, 3.63) is 29.5 Å². The van der Waals surface area contributed by atoms with Gasteiger partial charge in [0, 0.05) is 12.5 Å². The van der Waals surface area contributed by atoms with E-state index in [1.54, 1.807) is 25.3 Å². The van der Waals surface area contributed by atoms with E-state index in [0.29, 0.717) is 35.7 Å². The summed E-state index contributed by atoms with van der Waals surface area (Å²) in [5, 5.41) is 10.9. The minimum Gasteiger partial charge on any atom is -0.511 e. The fourth-order valence-electron chi connectivity index (χ4n) is 3.61. The molecule has 1 aromatic rings. The van der Waals surface area contributed by atoms with Crippen molar-refractivity contribution in [2.45, 2.75) is 40.0 Å². The number of aliphatic hydroxyl groups excluding tert-OH is 1. The number of aliphatic imine (C=N–C) groups is 1. The summed E-state index contributed by atoms with van der Waals surface area (Å²) >= 11 is 0. The van der Waals surface area contributed by atoms with Crippen molar-refractivity contribution >= 4 is 23.2 Å². The molecule has 0 unspecified atom stereocenters. The molecule has 1 aliphatic rings. The van der Waals surface area contributed by atoms with Crippen LogP contribution in [0, 0.1) is 11.3 Å². The molecule has 0 amide bonds. The van der Waals surface area contributed by atoms with E-state index in [1.165, 1.54) is 14.2 Å². The van der Waals surface area contributed by atoms with Crippen molar-refractivity contribution in [3.8, 4) is 11.5 Å². The number of allylic oxidation sites excluding steroid dienone is 1. The van der Waals surface area contributed by atoms with Gasteiger partial charge in [0.1, 0.15) is 28.9 Å². The molecule has 1 aromatic carbocycles. The molecule has 0 fully saturated rings. The third-order valence-electron chi connectivity index (χ3n) is 5.06. The lowest BCUT2D eigenvalue weighted by atomic mass is 9.67. The number of esters is 1. The molecule has 0 radical (unpaired) electrons. The van der Waals surface area contributed by atoms with Gasteiger partial charge >= 0.3 is 5.97 Å². The molecular weight excluding hydrogens is 374 g/mol. The maximum Gasteiger partial charge on any atom is 0.316 e. The van der Waals surface area contributed by atoms with Gasteiger partial charge in [-0.3, -0.25) is 9.59 Å². The zero-order chi connectivity index (χ0) is 21.8. The minimum atomic E-state index is -0.931. The number of nitrogens with zero attached hydrogens (tertiary/aromatic N) is 1. The Morgan fingerprint density at radius 3 is 2.45 bits per heavy atom. The molecule has 2 rings (SSSR count). The van der Waals surface area contributed by atoms with Crippen LogP contribution in [0.5, 0.6) is 11.5 Å². The number of ether oxygens (including phenoxy) is 3. The Hall–Kier alpha value is -2.83. The number of ketones is 1. The summed E-state index contributed by atoms with van der Waals surface area (Å²) in [5.41, 5.74) is 0.338. The molecule has 7 heteroatoms. The van der Waals surface area contributed by atoms with Gasteiger partial charge in [-0.25, -0.2) is 4.99 Å². The van der Waals surface area contributed by atoms with Crippen LogP contribution in [0.25, 0.3) is 0 Å². The van der Waals surface area contributed by atoms with Gasteiger partial charge in [0.2, 0.25) is 0 Å². The highest BCUT2D eigenvalue weighted by Gasteiger charge is 2.47. The number of aliphatic hydroxyl groups is 1. The van der Waals surface area contributed by atoms with Crippen molar-refractivity contribution < 1.29 is 28.9 Å². The number of hydrogen-bond donors (Lipinski definition) is 1. The summed E-state index contributed by atoms with van der Waals surface area (Å²) in [6.45, 7) is 5.56. The first-order valence-corrected chi connectivity index (χ1v) is 9.54. The van der Waals surface area contributed by atoms with Crippen LogP contribution in [-0.2, 0) is 14.3 Å². The average molecular weight is 403 g/mol. The lowest BCUT2D eigenvalue weighted by Gasteiger charge is -2.37. The van der Waals surface area contributed by atoms with Crippen LogP contribution >= 0.6 is 0 Å². The van der Waals surface area contributed by atoms with Gasteiger partial charge in [0.15, 0.2) is 5.78 Å². The number of Topliss-reactive ketones (excluding diaryl/α,β-unsaturated/α-hetero) is 1. The van der Waals surface area contributed by atoms with Gasteiger partial charge in [-0.1, -0.05) is 20.8 Å². The summed E-state index contributed by atoms with van der Waals surface area (Å²) in [6.07, 6.45) is 1.17. The van der Waals surface area contributed by atoms with Gasteiger partial charge in [-0.15, -0.1) is 0 Å². The smallest absolute Gasteiger partial charge is 0.316 e. The zero-order valence-corrected chi connectivity index (χ0v) is 17.9. The first-order chi connectivity index (χ1) is 13.7. The highest BCUT2D eigenvalue weighted by Crippen LogP contribution is 2.44. The maximum atomic E-state index is 12.8. The molecule has 1 N–H and O–H groups in total. The Morgan fingerprint density at radius 2 is 1.90 bits per heavy atom. The Balaban J connectivity index is 2.68. The highest BCUT2D eigenvalue weighted by atomic mass is 16.5. The van der Waals surface area contributed by atoms with Crippen molar-refractivity contribution in [1.29, 1.82) is 0 Å². The summed E-state index contributed by atoms with van der Waals surface area (Å²) in [6, 6.07) is 5.16. The van der Waals surface area contributed by atoms with Crippen LogP contribution in [0.3, 0.4) is 0 Å². The van der Waals surface area contributed by atoms with E-state index in [-0.39, 0.29) is 23.5 Å². The van der Waals surface area contributed by atoms with E-state index in [2.05, 4.69) is 4.99 Å². The van der Waals surface area contributed by atoms with Crippen LogP contribution in [0.4, 0.5) is 5.69 Å². The molecule has 0 bridgehead atoms. The molecule has 29 heavy (non-hydrogen) atoms. The zero-order valence-electron chi connectivity index (χ0n) is 17.9. The van der Waals surface area contributed by atoms with Crippen molar-refractivity contribution in [1.82, 2.24) is 0 Å². The molecule has 158 valence electrons. The van der Waals surface area contributed by atoms with E-state index in [0.717, 1.165) is 0 Å². The first-order valence-electron chi connectivity index (χ1n) is 9.54. The van der Waals surface area contributed by atoms with Crippen LogP contribution in [0.2, 0.25) is 0 Å². The van der Waals surface area contributed by atoms with Crippen molar-refractivity contribution in [3.63, 3.8) is 0 Å². The topological polar surface area (TPSA) is 94.4 Å². The second-order valence-corrected chi connectivity index (χ2v) is 7.65. The third-order valence-corrected chi connectivity index (χ3v) is 5.06. The Morgan fingerprint density at radius 1 is 1.21 bits per heavy atom. The number of methoxy groups -OCH3 is 3. The maximum absolute atomic E-state index is 12.8. The molecule has 0 spiro atoms. The second-order valence-electron chi connectivity index (χ2n) is 7.65. The SMILES string of the molecule is CCCC(=O)C1=C(O)[C@@H](C(=O)OC)C(C)(C)CC1=Nc1ccc(OC)cc1OC. The number of rotatable bonds is 7. The first kappa shape index (κ1) is 22.5. The molecule has 0 saturated carbocycles. The largest absolute Gasteiger partial charge is 0.511 e. The summed E-state index contributed by atoms with van der Waals surface area (Å²) < 4.78 is 15.5. The van der Waals surface area contributed by atoms with Crippen LogP contribution in [-0.4, -0.2) is 43.9 Å². The van der Waals surface area contributed by atoms with E-state index in [1.807, 2.05) is 20.8 Å². The molecule has 0 saturated heterocycles.